The van der Waals surface area contributed by atoms with E-state index >= 15 is 0 Å². The van der Waals surface area contributed by atoms with Crippen LogP contribution in [-0.4, -0.2) is 29.5 Å². The molecule has 0 amide bonds. The van der Waals surface area contributed by atoms with Gasteiger partial charge in [0, 0.05) is 17.3 Å². The third-order valence-electron chi connectivity index (χ3n) is 2.22. The zero-order chi connectivity index (χ0) is 14.0. The molecule has 0 saturated heterocycles. The lowest BCUT2D eigenvalue weighted by Crippen LogP contribution is -2.23. The number of carboxylic acids is 1. The zero-order valence-corrected chi connectivity index (χ0v) is 11.0. The van der Waals surface area contributed by atoms with Gasteiger partial charge in [-0.05, 0) is 6.07 Å². The van der Waals surface area contributed by atoms with Gasteiger partial charge in [-0.3, -0.25) is 4.79 Å². The molecule has 0 radical (unpaired) electrons. The summed E-state index contributed by atoms with van der Waals surface area (Å²) in [5, 5.41) is 10.2. The number of aromatic amines is 2. The van der Waals surface area contributed by atoms with Crippen LogP contribution in [0.3, 0.4) is 0 Å². The minimum Gasteiger partial charge on any atom is -0.477 e. The molecule has 4 N–H and O–H groups in total. The molecule has 0 saturated carbocycles. The minimum absolute atomic E-state index is 0.0747. The van der Waals surface area contributed by atoms with Gasteiger partial charge in [0.2, 0.25) is 10.0 Å². The Labute approximate surface area is 111 Å². The molecule has 0 aromatic carbocycles. The summed E-state index contributed by atoms with van der Waals surface area (Å²) in [7, 11) is -3.82. The Kier molecular flexibility index (Phi) is 3.55. The number of nitrogens with one attached hydrogen (secondary N) is 3. The number of carbonyl (C=O) groups is 1. The van der Waals surface area contributed by atoms with Gasteiger partial charge in [-0.2, -0.15) is 0 Å². The molecule has 8 nitrogen and oxygen atoms in total. The second-order valence-corrected chi connectivity index (χ2v) is 6.16. The van der Waals surface area contributed by atoms with Crippen LogP contribution >= 0.6 is 11.3 Å². The highest BCUT2D eigenvalue weighted by molar-refractivity contribution is 7.89. The van der Waals surface area contributed by atoms with Crippen LogP contribution in [0.2, 0.25) is 0 Å². The quantitative estimate of drug-likeness (QED) is 0.614. The molecule has 2 aromatic heterocycles. The maximum Gasteiger partial charge on any atom is 0.352 e. The van der Waals surface area contributed by atoms with Gasteiger partial charge in [0.25, 0.3) is 0 Å². The van der Waals surface area contributed by atoms with Crippen molar-refractivity contribution in [1.29, 1.82) is 0 Å². The summed E-state index contributed by atoms with van der Waals surface area (Å²) >= 11 is 0.929. The molecule has 0 bridgehead atoms. The predicted molar refractivity (Wildman–Crippen MR) is 66.7 cm³/mol. The van der Waals surface area contributed by atoms with Crippen LogP contribution in [0.25, 0.3) is 0 Å². The molecular weight excluding hydrogens is 294 g/mol. The van der Waals surface area contributed by atoms with Crippen molar-refractivity contribution >= 4 is 27.3 Å². The molecule has 2 aromatic rings. The number of sulfonamides is 1. The van der Waals surface area contributed by atoms with Crippen molar-refractivity contribution in [1.82, 2.24) is 14.7 Å². The molecule has 0 unspecified atom stereocenters. The topological polar surface area (TPSA) is 132 Å². The zero-order valence-electron chi connectivity index (χ0n) is 9.34. The van der Waals surface area contributed by atoms with Crippen molar-refractivity contribution in [2.45, 2.75) is 11.4 Å². The maximum absolute atomic E-state index is 11.8. The van der Waals surface area contributed by atoms with Crippen LogP contribution in [0.15, 0.2) is 27.3 Å². The van der Waals surface area contributed by atoms with Gasteiger partial charge in [0.1, 0.15) is 10.6 Å². The Morgan fingerprint density at radius 2 is 2.21 bits per heavy atom. The fourth-order valence-corrected chi connectivity index (χ4v) is 2.89. The van der Waals surface area contributed by atoms with E-state index in [1.54, 1.807) is 0 Å². The van der Waals surface area contributed by atoms with Crippen LogP contribution in [0, 0.1) is 0 Å². The number of aromatic carboxylic acids is 1. The van der Waals surface area contributed by atoms with Crippen LogP contribution < -0.4 is 9.60 Å². The lowest BCUT2D eigenvalue weighted by molar-refractivity contribution is 0.0691. The van der Waals surface area contributed by atoms with Crippen LogP contribution in [0.5, 0.6) is 0 Å². The first kappa shape index (κ1) is 13.5. The van der Waals surface area contributed by atoms with E-state index in [0.29, 0.717) is 5.69 Å². The molecule has 10 heteroatoms. The summed E-state index contributed by atoms with van der Waals surface area (Å²) < 4.78 is 25.9. The van der Waals surface area contributed by atoms with E-state index in [0.717, 1.165) is 23.6 Å². The highest BCUT2D eigenvalue weighted by Crippen LogP contribution is 2.11. The van der Waals surface area contributed by atoms with Crippen molar-refractivity contribution in [3.63, 3.8) is 0 Å². The summed E-state index contributed by atoms with van der Waals surface area (Å²) in [5.41, 5.74) is 0.219. The molecule has 0 aliphatic heterocycles. The maximum atomic E-state index is 11.8. The average molecular weight is 303 g/mol. The SMILES string of the molecule is O=C(O)c1cc(S(=O)(=O)NCc2csc(=O)[nH]2)c[nH]1. The van der Waals surface area contributed by atoms with Crippen LogP contribution in [-0.2, 0) is 16.6 Å². The van der Waals surface area contributed by atoms with Gasteiger partial charge < -0.3 is 15.1 Å². The number of rotatable bonds is 5. The predicted octanol–water partition coefficient (Wildman–Crippen LogP) is -0.0588. The van der Waals surface area contributed by atoms with E-state index in [-0.39, 0.29) is 22.0 Å². The summed E-state index contributed by atoms with van der Waals surface area (Å²) in [6.45, 7) is -0.0747. The average Bonchev–Trinajstić information content (AvgIpc) is 2.95. The van der Waals surface area contributed by atoms with Gasteiger partial charge in [-0.1, -0.05) is 11.3 Å². The Morgan fingerprint density at radius 3 is 2.74 bits per heavy atom. The minimum atomic E-state index is -3.82. The first-order valence-electron chi connectivity index (χ1n) is 4.96. The standard InChI is InChI=1S/C9H9N3O5S2/c13-8(14)7-1-6(3-10-7)19(16,17)11-2-5-4-18-9(15)12-5/h1,3-4,10-11H,2H2,(H,12,15)(H,13,14). The Hall–Kier alpha value is -1.91. The van der Waals surface area contributed by atoms with Crippen molar-refractivity contribution in [3.05, 3.63) is 38.7 Å². The van der Waals surface area contributed by atoms with Gasteiger partial charge in [-0.15, -0.1) is 0 Å². The van der Waals surface area contributed by atoms with Gasteiger partial charge in [-0.25, -0.2) is 17.9 Å². The second kappa shape index (κ2) is 4.99. The first-order valence-corrected chi connectivity index (χ1v) is 7.33. The highest BCUT2D eigenvalue weighted by Gasteiger charge is 2.18. The molecular formula is C9H9N3O5S2. The summed E-state index contributed by atoms with van der Waals surface area (Å²) in [6.07, 6.45) is 1.09. The molecule has 0 atom stereocenters. The van der Waals surface area contributed by atoms with Crippen molar-refractivity contribution in [3.8, 4) is 0 Å². The van der Waals surface area contributed by atoms with Crippen LogP contribution in [0.4, 0.5) is 0 Å². The normalized spacial score (nSPS) is 11.6. The van der Waals surface area contributed by atoms with Crippen molar-refractivity contribution in [2.75, 3.05) is 0 Å². The molecule has 0 aliphatic rings. The first-order chi connectivity index (χ1) is 8.88. The summed E-state index contributed by atoms with van der Waals surface area (Å²) in [4.78, 5) is 25.9. The molecule has 19 heavy (non-hydrogen) atoms. The van der Waals surface area contributed by atoms with Gasteiger partial charge >= 0.3 is 10.8 Å². The van der Waals surface area contributed by atoms with E-state index in [2.05, 4.69) is 14.7 Å². The lowest BCUT2D eigenvalue weighted by Gasteiger charge is -2.02. The highest BCUT2D eigenvalue weighted by atomic mass is 32.2. The van der Waals surface area contributed by atoms with Crippen LogP contribution in [0.1, 0.15) is 16.2 Å². The summed E-state index contributed by atoms with van der Waals surface area (Å²) in [5.74, 6) is -1.25. The number of H-pyrrole nitrogens is 2. The number of thiazole rings is 1. The largest absolute Gasteiger partial charge is 0.477 e. The molecule has 2 heterocycles. The number of hydrogen-bond donors (Lipinski definition) is 4. The Bertz CT molecular complexity index is 755. The smallest absolute Gasteiger partial charge is 0.352 e. The lowest BCUT2D eigenvalue weighted by atomic mass is 10.4. The van der Waals surface area contributed by atoms with Gasteiger partial charge in [0.05, 0.1) is 6.54 Å². The van der Waals surface area contributed by atoms with E-state index in [1.807, 2.05) is 0 Å². The van der Waals surface area contributed by atoms with E-state index in [9.17, 15) is 18.0 Å². The fraction of sp³-hybridized carbons (Fsp3) is 0.111. The second-order valence-electron chi connectivity index (χ2n) is 3.55. The molecule has 0 spiro atoms. The molecule has 102 valence electrons. The van der Waals surface area contributed by atoms with E-state index in [1.165, 1.54) is 5.38 Å². The third-order valence-corrected chi connectivity index (χ3v) is 4.32. The fourth-order valence-electron chi connectivity index (χ4n) is 1.31. The van der Waals surface area contributed by atoms with Gasteiger partial charge in [0.15, 0.2) is 0 Å². The van der Waals surface area contributed by atoms with E-state index < -0.39 is 16.0 Å². The number of carboxylic acid groups (broad SMARTS) is 1. The van der Waals surface area contributed by atoms with E-state index in [4.69, 9.17) is 5.11 Å². The number of aromatic nitrogens is 2. The van der Waals surface area contributed by atoms with Crippen molar-refractivity contribution in [2.24, 2.45) is 0 Å². The third kappa shape index (κ3) is 3.10. The monoisotopic (exact) mass is 303 g/mol. The summed E-state index contributed by atoms with van der Waals surface area (Å²) in [6, 6.07) is 1.01. The Balaban J connectivity index is 2.13. The Morgan fingerprint density at radius 1 is 1.47 bits per heavy atom. The molecule has 0 fully saturated rings. The van der Waals surface area contributed by atoms with Crippen molar-refractivity contribution < 1.29 is 18.3 Å². The number of hydrogen-bond acceptors (Lipinski definition) is 5. The molecule has 0 aliphatic carbocycles. The molecule has 2 rings (SSSR count).